The van der Waals surface area contributed by atoms with E-state index in [1.54, 1.807) is 0 Å². The Balaban J connectivity index is 0. The third-order valence-corrected chi connectivity index (χ3v) is 8.30. The van der Waals surface area contributed by atoms with Crippen LogP contribution in [0.1, 0.15) is 34.6 Å². The number of hydrogen-bond donors (Lipinski definition) is 0. The summed E-state index contributed by atoms with van der Waals surface area (Å²) in [6, 6.07) is 32.3. The van der Waals surface area contributed by atoms with Gasteiger partial charge in [-0.1, -0.05) is 109 Å². The number of rotatable bonds is 3. The molecule has 41 heavy (non-hydrogen) atoms. The van der Waals surface area contributed by atoms with Crippen LogP contribution in [0.5, 0.6) is 0 Å². The van der Waals surface area contributed by atoms with Gasteiger partial charge in [0, 0.05) is 23.0 Å². The van der Waals surface area contributed by atoms with Crippen LogP contribution >= 0.6 is 15.7 Å². The van der Waals surface area contributed by atoms with Gasteiger partial charge in [-0.15, -0.1) is 0 Å². The van der Waals surface area contributed by atoms with Crippen molar-refractivity contribution in [1.82, 2.24) is 0 Å². The van der Waals surface area contributed by atoms with Gasteiger partial charge >= 0.3 is 55.6 Å². The molecule has 1 aliphatic rings. The Kier molecular flexibility index (Phi) is 16.8. The Hall–Kier alpha value is -2.42. The maximum absolute atomic E-state index is 10.7. The van der Waals surface area contributed by atoms with Crippen molar-refractivity contribution in [1.29, 1.82) is 0 Å². The summed E-state index contributed by atoms with van der Waals surface area (Å²) in [5.74, 6) is 1.47. The fraction of sp³-hybridized carbons (Fsp3) is 0.167. The van der Waals surface area contributed by atoms with E-state index in [1.165, 1.54) is 44.1 Å². The summed E-state index contributed by atoms with van der Waals surface area (Å²) in [5.41, 5.74) is 5.87. The zero-order valence-corrected chi connectivity index (χ0v) is 25.9. The Morgan fingerprint density at radius 2 is 0.659 bits per heavy atom. The molecule has 0 fully saturated rings. The molecule has 0 heterocycles. The molecule has 3 aromatic rings. The summed E-state index contributed by atoms with van der Waals surface area (Å²) in [6.07, 6.45) is 0. The second kappa shape index (κ2) is 16.9. The van der Waals surface area contributed by atoms with Crippen LogP contribution in [0.15, 0.2) is 113 Å². The SMILES string of the molecule is C[C]1C(C)=C(C)C(C)=C1C.F[P-](F)(F)(F)(F)F.[C-]#[O+].[C-]#[O+].[Fe].c1ccc(P(c2ccccc2)c2ccccc2)cc1. The van der Waals surface area contributed by atoms with E-state index >= 15 is 0 Å². The van der Waals surface area contributed by atoms with Crippen molar-refractivity contribution in [2.45, 2.75) is 34.6 Å². The second-order valence-electron chi connectivity index (χ2n) is 8.43. The molecular weight excluding hydrogens is 624 g/mol. The van der Waals surface area contributed by atoms with E-state index in [0.29, 0.717) is 0 Å². The van der Waals surface area contributed by atoms with Gasteiger partial charge in [0.05, 0.1) is 0 Å². The summed E-state index contributed by atoms with van der Waals surface area (Å²) in [6.45, 7) is 20.0. The summed E-state index contributed by atoms with van der Waals surface area (Å²) < 4.78 is 74.2. The van der Waals surface area contributed by atoms with E-state index in [4.69, 9.17) is 9.30 Å². The summed E-state index contributed by atoms with van der Waals surface area (Å²) in [7, 11) is -11.1. The molecule has 1 aliphatic carbocycles. The molecule has 0 N–H and O–H groups in total. The first kappa shape index (κ1) is 40.7. The molecule has 0 bridgehead atoms. The van der Waals surface area contributed by atoms with Crippen molar-refractivity contribution in [2.24, 2.45) is 0 Å². The predicted octanol–water partition coefficient (Wildman–Crippen LogP) is 10.0. The molecular formula is C30H30F6FeO2P2-. The van der Waals surface area contributed by atoms with Gasteiger partial charge < -0.3 is 0 Å². The Labute approximate surface area is 249 Å². The van der Waals surface area contributed by atoms with Gasteiger partial charge in [0.1, 0.15) is 0 Å². The van der Waals surface area contributed by atoms with E-state index in [-0.39, 0.29) is 17.1 Å². The van der Waals surface area contributed by atoms with Crippen molar-refractivity contribution in [3.63, 3.8) is 0 Å². The summed E-state index contributed by atoms with van der Waals surface area (Å²) >= 11 is 0. The molecule has 0 unspecified atom stereocenters. The smallest absolute Gasteiger partial charge is 0 e. The normalized spacial score (nSPS) is 14.1. The van der Waals surface area contributed by atoms with E-state index in [0.717, 1.165) is 0 Å². The maximum Gasteiger partial charge on any atom is 0 e. The molecule has 0 saturated carbocycles. The minimum Gasteiger partial charge on any atom is -0.0622 e. The van der Waals surface area contributed by atoms with Crippen molar-refractivity contribution < 1.29 is 51.6 Å². The predicted molar refractivity (Wildman–Crippen MR) is 152 cm³/mol. The van der Waals surface area contributed by atoms with Crippen molar-refractivity contribution >= 4 is 31.6 Å². The van der Waals surface area contributed by atoms with Gasteiger partial charge in [-0.25, -0.2) is 0 Å². The van der Waals surface area contributed by atoms with E-state index in [1.807, 2.05) is 0 Å². The molecule has 2 nitrogen and oxygen atoms in total. The van der Waals surface area contributed by atoms with Crippen LogP contribution in [-0.4, -0.2) is 0 Å². The molecule has 0 aromatic heterocycles. The molecule has 0 atom stereocenters. The average Bonchev–Trinajstić information content (AvgIpc) is 3.09. The van der Waals surface area contributed by atoms with Gasteiger partial charge in [-0.2, -0.15) is 0 Å². The van der Waals surface area contributed by atoms with Crippen LogP contribution in [0.4, 0.5) is 25.2 Å². The number of benzene rings is 3. The van der Waals surface area contributed by atoms with E-state index in [2.05, 4.69) is 139 Å². The standard InChI is InChI=1S/C18H15P.C10H15.2CO.F6P.Fe/c1-4-10-16(11-5-1)19(17-12-6-2-7-13-17)18-14-8-3-9-15-18;1-6-7(2)9(4)10(5)8(6)3;2*1-2;1-7(2,3,4,5)6;/h1-15H;1-5H3;;;;/q;;;;-1;. The molecule has 0 aliphatic heterocycles. The quantitative estimate of drug-likeness (QED) is 0.0887. The number of hydrogen-bond acceptors (Lipinski definition) is 0. The van der Waals surface area contributed by atoms with E-state index < -0.39 is 15.7 Å². The van der Waals surface area contributed by atoms with Gasteiger partial charge in [-0.3, -0.25) is 0 Å². The molecule has 1 radical (unpaired) electrons. The third kappa shape index (κ3) is 16.6. The fourth-order valence-electron chi connectivity index (χ4n) is 3.58. The largest absolute Gasteiger partial charge is 0.0622 e. The molecule has 4 rings (SSSR count). The van der Waals surface area contributed by atoms with Crippen LogP contribution < -0.4 is 15.9 Å². The Bertz CT molecular complexity index is 1170. The molecule has 11 heteroatoms. The molecule has 223 valence electrons. The maximum atomic E-state index is 9.87. The molecule has 0 saturated heterocycles. The Morgan fingerprint density at radius 1 is 0.463 bits per heavy atom. The van der Waals surface area contributed by atoms with Crippen molar-refractivity contribution in [3.05, 3.63) is 133 Å². The first-order valence-electron chi connectivity index (χ1n) is 11.6. The minimum absolute atomic E-state index is 0. The summed E-state index contributed by atoms with van der Waals surface area (Å²) in [4.78, 5) is 0. The van der Waals surface area contributed by atoms with Crippen LogP contribution in [0.25, 0.3) is 0 Å². The fourth-order valence-corrected chi connectivity index (χ4v) is 5.89. The van der Waals surface area contributed by atoms with Crippen LogP contribution in [-0.2, 0) is 26.4 Å². The first-order valence-corrected chi connectivity index (χ1v) is 14.9. The second-order valence-corrected chi connectivity index (χ2v) is 12.6. The first-order chi connectivity index (χ1) is 18.5. The molecule has 0 amide bonds. The zero-order chi connectivity index (χ0) is 31.2. The Morgan fingerprint density at radius 3 is 0.805 bits per heavy atom. The summed E-state index contributed by atoms with van der Waals surface area (Å²) in [5, 5.41) is 4.19. The van der Waals surface area contributed by atoms with Gasteiger partial charge in [0.25, 0.3) is 0 Å². The third-order valence-electron chi connectivity index (χ3n) is 5.86. The zero-order valence-electron chi connectivity index (χ0n) is 23.0. The average molecular weight is 654 g/mol. The van der Waals surface area contributed by atoms with Gasteiger partial charge in [0.15, 0.2) is 0 Å². The topological polar surface area (TPSA) is 39.8 Å². The van der Waals surface area contributed by atoms with Gasteiger partial charge in [-0.05, 0) is 62.7 Å². The van der Waals surface area contributed by atoms with Crippen LogP contribution in [0.3, 0.4) is 0 Å². The molecule has 3 aromatic carbocycles. The number of allylic oxidation sites excluding steroid dienone is 4. The van der Waals surface area contributed by atoms with Gasteiger partial charge in [0.2, 0.25) is 0 Å². The monoisotopic (exact) mass is 654 g/mol. The van der Waals surface area contributed by atoms with Crippen molar-refractivity contribution in [3.8, 4) is 0 Å². The van der Waals surface area contributed by atoms with Crippen LogP contribution in [0.2, 0.25) is 0 Å². The number of halogens is 6. The van der Waals surface area contributed by atoms with E-state index in [9.17, 15) is 25.2 Å². The minimum atomic E-state index is -10.7. The van der Waals surface area contributed by atoms with Crippen LogP contribution in [0, 0.1) is 19.2 Å². The molecule has 0 spiro atoms. The van der Waals surface area contributed by atoms with Crippen molar-refractivity contribution in [2.75, 3.05) is 0 Å².